The van der Waals surface area contributed by atoms with Crippen LogP contribution in [0.2, 0.25) is 5.02 Å². The minimum absolute atomic E-state index is 0.457. The normalized spacial score (nSPS) is 10.4. The highest BCUT2D eigenvalue weighted by atomic mass is 79.9. The summed E-state index contributed by atoms with van der Waals surface area (Å²) in [6.07, 6.45) is 0. The average molecular weight is 411 g/mol. The van der Waals surface area contributed by atoms with E-state index in [9.17, 15) is 0 Å². The van der Waals surface area contributed by atoms with E-state index >= 15 is 0 Å². The molecule has 0 N–H and O–H groups in total. The van der Waals surface area contributed by atoms with Crippen LogP contribution in [-0.4, -0.2) is 0 Å². The molecule has 0 atom stereocenters. The van der Waals surface area contributed by atoms with Crippen LogP contribution in [0.1, 0.15) is 5.56 Å². The third-order valence-corrected chi connectivity index (χ3v) is 4.12. The average Bonchev–Trinajstić information content (AvgIpc) is 2.34. The van der Waals surface area contributed by atoms with Crippen molar-refractivity contribution in [3.05, 3.63) is 55.9 Å². The van der Waals surface area contributed by atoms with Gasteiger partial charge < -0.3 is 4.74 Å². The van der Waals surface area contributed by atoms with Gasteiger partial charge in [0.1, 0.15) is 11.5 Å². The Hall–Kier alpha value is -0.220. The first-order valence-electron chi connectivity index (χ1n) is 5.07. The van der Waals surface area contributed by atoms with Crippen LogP contribution in [0, 0.1) is 0 Å². The van der Waals surface area contributed by atoms with Crippen molar-refractivity contribution < 1.29 is 4.74 Å². The lowest BCUT2D eigenvalue weighted by molar-refractivity contribution is 0.482. The lowest BCUT2D eigenvalue weighted by Crippen LogP contribution is -1.87. The van der Waals surface area contributed by atoms with Gasteiger partial charge >= 0.3 is 0 Å². The molecule has 0 aliphatic heterocycles. The van der Waals surface area contributed by atoms with E-state index in [-0.39, 0.29) is 0 Å². The molecule has 94 valence electrons. The van der Waals surface area contributed by atoms with Crippen molar-refractivity contribution in [2.24, 2.45) is 0 Å². The van der Waals surface area contributed by atoms with Gasteiger partial charge in [-0.2, -0.15) is 0 Å². The van der Waals surface area contributed by atoms with Crippen LogP contribution in [0.15, 0.2) is 45.3 Å². The molecule has 0 aliphatic rings. The van der Waals surface area contributed by atoms with Crippen LogP contribution in [0.25, 0.3) is 0 Å². The summed E-state index contributed by atoms with van der Waals surface area (Å²) in [7, 11) is 0. The van der Waals surface area contributed by atoms with Gasteiger partial charge in [0.15, 0.2) is 0 Å². The Morgan fingerprint density at radius 1 is 1.06 bits per heavy atom. The molecule has 0 amide bonds. The number of hydrogen-bond donors (Lipinski definition) is 0. The van der Waals surface area contributed by atoms with Gasteiger partial charge in [0.05, 0.1) is 5.02 Å². The summed E-state index contributed by atoms with van der Waals surface area (Å²) in [6, 6.07) is 11.1. The molecule has 18 heavy (non-hydrogen) atoms. The summed E-state index contributed by atoms with van der Waals surface area (Å²) in [4.78, 5) is 0. The van der Waals surface area contributed by atoms with Crippen molar-refractivity contribution >= 4 is 55.1 Å². The lowest BCUT2D eigenvalue weighted by atomic mass is 10.2. The molecule has 0 saturated heterocycles. The van der Waals surface area contributed by atoms with Crippen molar-refractivity contribution in [3.63, 3.8) is 0 Å². The van der Waals surface area contributed by atoms with Crippen LogP contribution >= 0.6 is 55.1 Å². The number of halogens is 4. The summed E-state index contributed by atoms with van der Waals surface area (Å²) in [5.74, 6) is 1.77. The topological polar surface area (TPSA) is 9.23 Å². The van der Waals surface area contributed by atoms with Gasteiger partial charge in [-0.1, -0.05) is 49.5 Å². The summed E-state index contributed by atoms with van der Waals surface area (Å²) in [6.45, 7) is 0. The zero-order chi connectivity index (χ0) is 13.1. The lowest BCUT2D eigenvalue weighted by Gasteiger charge is -2.09. The highest BCUT2D eigenvalue weighted by molar-refractivity contribution is 9.10. The van der Waals surface area contributed by atoms with Crippen molar-refractivity contribution in [1.82, 2.24) is 0 Å². The van der Waals surface area contributed by atoms with E-state index in [0.29, 0.717) is 22.4 Å². The monoisotopic (exact) mass is 408 g/mol. The van der Waals surface area contributed by atoms with Crippen LogP contribution in [-0.2, 0) is 5.88 Å². The maximum absolute atomic E-state index is 6.07. The molecule has 1 nitrogen and oxygen atoms in total. The summed E-state index contributed by atoms with van der Waals surface area (Å²) in [5, 5.41) is 0.566. The van der Waals surface area contributed by atoms with E-state index < -0.39 is 0 Å². The Balaban J connectivity index is 2.28. The minimum atomic E-state index is 0.457. The number of rotatable bonds is 3. The Bertz CT molecular complexity index is 573. The molecule has 0 heterocycles. The second kappa shape index (κ2) is 6.29. The summed E-state index contributed by atoms with van der Waals surface area (Å²) >= 11 is 18.7. The van der Waals surface area contributed by atoms with E-state index in [1.807, 2.05) is 30.3 Å². The number of ether oxygens (including phenoxy) is 1. The molecule has 0 saturated carbocycles. The number of alkyl halides is 1. The van der Waals surface area contributed by atoms with E-state index in [4.69, 9.17) is 27.9 Å². The van der Waals surface area contributed by atoms with Gasteiger partial charge in [0.25, 0.3) is 0 Å². The molecule has 0 fully saturated rings. The maximum atomic E-state index is 6.07. The van der Waals surface area contributed by atoms with Crippen molar-refractivity contribution in [1.29, 1.82) is 0 Å². The van der Waals surface area contributed by atoms with Crippen molar-refractivity contribution in [2.45, 2.75) is 5.88 Å². The van der Waals surface area contributed by atoms with E-state index in [1.54, 1.807) is 6.07 Å². The van der Waals surface area contributed by atoms with E-state index in [0.717, 1.165) is 14.5 Å². The Labute approximate surface area is 132 Å². The predicted octanol–water partition coefficient (Wildman–Crippen LogP) is 6.40. The quantitative estimate of drug-likeness (QED) is 0.532. The van der Waals surface area contributed by atoms with Gasteiger partial charge in [0, 0.05) is 14.8 Å². The zero-order valence-corrected chi connectivity index (χ0v) is 13.8. The highest BCUT2D eigenvalue weighted by Crippen LogP contribution is 2.33. The molecule has 0 unspecified atom stereocenters. The Morgan fingerprint density at radius 2 is 1.83 bits per heavy atom. The molecule has 0 aromatic heterocycles. The van der Waals surface area contributed by atoms with Gasteiger partial charge in [0.2, 0.25) is 0 Å². The minimum Gasteiger partial charge on any atom is -0.456 e. The maximum Gasteiger partial charge on any atom is 0.147 e. The molecular formula is C13H8Br2Cl2O. The molecule has 5 heteroatoms. The summed E-state index contributed by atoms with van der Waals surface area (Å²) < 4.78 is 7.57. The van der Waals surface area contributed by atoms with Gasteiger partial charge in [-0.3, -0.25) is 0 Å². The smallest absolute Gasteiger partial charge is 0.147 e. The van der Waals surface area contributed by atoms with Crippen LogP contribution in [0.4, 0.5) is 0 Å². The molecule has 2 rings (SSSR count). The van der Waals surface area contributed by atoms with Gasteiger partial charge in [-0.25, -0.2) is 0 Å². The molecule has 0 radical (unpaired) electrons. The second-order valence-electron chi connectivity index (χ2n) is 3.56. The van der Waals surface area contributed by atoms with E-state index in [2.05, 4.69) is 31.9 Å². The SMILES string of the molecule is ClCc1ccc(Oc2cc(Br)ccc2Cl)cc1Br. The Morgan fingerprint density at radius 3 is 2.50 bits per heavy atom. The molecular weight excluding hydrogens is 403 g/mol. The number of benzene rings is 2. The molecule has 0 bridgehead atoms. The first kappa shape index (κ1) is 14.2. The molecule has 0 spiro atoms. The fraction of sp³-hybridized carbons (Fsp3) is 0.0769. The summed E-state index contributed by atoms with van der Waals surface area (Å²) in [5.41, 5.74) is 1.02. The van der Waals surface area contributed by atoms with Crippen LogP contribution in [0.3, 0.4) is 0 Å². The predicted molar refractivity (Wildman–Crippen MR) is 82.9 cm³/mol. The number of hydrogen-bond acceptors (Lipinski definition) is 1. The fourth-order valence-corrected chi connectivity index (χ4v) is 2.77. The largest absolute Gasteiger partial charge is 0.456 e. The third kappa shape index (κ3) is 3.41. The fourth-order valence-electron chi connectivity index (χ4n) is 1.38. The first-order valence-corrected chi connectivity index (χ1v) is 7.57. The molecule has 0 aliphatic carbocycles. The van der Waals surface area contributed by atoms with Crippen LogP contribution in [0.5, 0.6) is 11.5 Å². The van der Waals surface area contributed by atoms with E-state index in [1.165, 1.54) is 0 Å². The highest BCUT2D eigenvalue weighted by Gasteiger charge is 2.06. The van der Waals surface area contributed by atoms with Crippen molar-refractivity contribution in [2.75, 3.05) is 0 Å². The zero-order valence-electron chi connectivity index (χ0n) is 9.09. The van der Waals surface area contributed by atoms with Crippen LogP contribution < -0.4 is 4.74 Å². The third-order valence-electron chi connectivity index (χ3n) is 2.29. The first-order chi connectivity index (χ1) is 8.60. The van der Waals surface area contributed by atoms with Crippen molar-refractivity contribution in [3.8, 4) is 11.5 Å². The van der Waals surface area contributed by atoms with Gasteiger partial charge in [-0.15, -0.1) is 11.6 Å². The standard InChI is InChI=1S/C13H8Br2Cl2O/c14-9-2-4-12(17)13(5-9)18-10-3-1-8(7-16)11(15)6-10/h1-6H,7H2. The van der Waals surface area contributed by atoms with Gasteiger partial charge in [-0.05, 0) is 35.9 Å². The second-order valence-corrected chi connectivity index (χ2v) is 6.01. The molecule has 2 aromatic carbocycles. The molecule has 2 aromatic rings. The Kier molecular flexibility index (Phi) is 4.96.